The third-order valence-electron chi connectivity index (χ3n) is 3.28. The Morgan fingerprint density at radius 1 is 1.22 bits per heavy atom. The van der Waals surface area contributed by atoms with E-state index in [1.165, 1.54) is 0 Å². The molecule has 5 heteroatoms. The molecule has 18 heavy (non-hydrogen) atoms. The predicted octanol–water partition coefficient (Wildman–Crippen LogP) is 1.35. The molecule has 1 aliphatic rings. The Kier molecular flexibility index (Phi) is 3.75. The van der Waals surface area contributed by atoms with Crippen LogP contribution in [-0.4, -0.2) is 26.2 Å². The van der Waals surface area contributed by atoms with Gasteiger partial charge in [-0.15, -0.1) is 0 Å². The van der Waals surface area contributed by atoms with Crippen LogP contribution >= 0.6 is 0 Å². The highest BCUT2D eigenvalue weighted by atomic mass is 32.2. The van der Waals surface area contributed by atoms with E-state index in [2.05, 4.69) is 4.72 Å². The van der Waals surface area contributed by atoms with E-state index in [-0.39, 0.29) is 12.0 Å². The lowest BCUT2D eigenvalue weighted by atomic mass is 9.83. The molecule has 2 N–H and O–H groups in total. The van der Waals surface area contributed by atoms with Crippen molar-refractivity contribution in [2.24, 2.45) is 5.92 Å². The summed E-state index contributed by atoms with van der Waals surface area (Å²) in [6.07, 6.45) is 1.13. The highest BCUT2D eigenvalue weighted by Crippen LogP contribution is 2.26. The maximum atomic E-state index is 12.1. The Morgan fingerprint density at radius 2 is 1.78 bits per heavy atom. The number of aryl methyl sites for hydroxylation is 2. The minimum atomic E-state index is -3.43. The summed E-state index contributed by atoms with van der Waals surface area (Å²) < 4.78 is 26.8. The standard InChI is InChI=1S/C13H19NO3S/c1-9-3-10(2)5-13(4-9)18(16,17)14-8-11-6-12(15)7-11/h3-5,11-12,14-15H,6-8H2,1-2H3. The molecule has 0 amide bonds. The van der Waals surface area contributed by atoms with Crippen molar-refractivity contribution in [3.05, 3.63) is 29.3 Å². The van der Waals surface area contributed by atoms with Crippen molar-refractivity contribution in [3.63, 3.8) is 0 Å². The molecular weight excluding hydrogens is 250 g/mol. The molecule has 0 bridgehead atoms. The van der Waals surface area contributed by atoms with Gasteiger partial charge in [-0.25, -0.2) is 13.1 Å². The Morgan fingerprint density at radius 3 is 2.28 bits per heavy atom. The summed E-state index contributed by atoms with van der Waals surface area (Å²) in [4.78, 5) is 0.319. The molecule has 0 aromatic heterocycles. The van der Waals surface area contributed by atoms with Gasteiger partial charge >= 0.3 is 0 Å². The van der Waals surface area contributed by atoms with Gasteiger partial charge < -0.3 is 5.11 Å². The van der Waals surface area contributed by atoms with Crippen LogP contribution in [0.4, 0.5) is 0 Å². The topological polar surface area (TPSA) is 66.4 Å². The first-order chi connectivity index (χ1) is 8.37. The number of rotatable bonds is 4. The predicted molar refractivity (Wildman–Crippen MR) is 69.8 cm³/mol. The fourth-order valence-corrected chi connectivity index (χ4v) is 3.57. The van der Waals surface area contributed by atoms with Crippen molar-refractivity contribution in [2.75, 3.05) is 6.54 Å². The molecule has 0 atom stereocenters. The molecule has 1 fully saturated rings. The van der Waals surface area contributed by atoms with Crippen LogP contribution in [0.25, 0.3) is 0 Å². The van der Waals surface area contributed by atoms with Gasteiger partial charge in [0.25, 0.3) is 0 Å². The molecule has 1 aliphatic carbocycles. The van der Waals surface area contributed by atoms with Crippen molar-refractivity contribution in [1.29, 1.82) is 0 Å². The van der Waals surface area contributed by atoms with Crippen molar-refractivity contribution in [1.82, 2.24) is 4.72 Å². The van der Waals surface area contributed by atoms with Crippen LogP contribution in [0.2, 0.25) is 0 Å². The van der Waals surface area contributed by atoms with Crippen LogP contribution in [0.15, 0.2) is 23.1 Å². The van der Waals surface area contributed by atoms with Gasteiger partial charge in [-0.05, 0) is 55.9 Å². The lowest BCUT2D eigenvalue weighted by Gasteiger charge is -2.31. The van der Waals surface area contributed by atoms with Crippen molar-refractivity contribution in [2.45, 2.75) is 37.7 Å². The van der Waals surface area contributed by atoms with E-state index in [4.69, 9.17) is 5.11 Å². The smallest absolute Gasteiger partial charge is 0.240 e. The summed E-state index contributed by atoms with van der Waals surface area (Å²) in [5, 5.41) is 9.16. The molecule has 0 aliphatic heterocycles. The number of aliphatic hydroxyl groups is 1. The molecular formula is C13H19NO3S. The van der Waals surface area contributed by atoms with Gasteiger partial charge in [0.2, 0.25) is 10.0 Å². The van der Waals surface area contributed by atoms with Gasteiger partial charge in [0.05, 0.1) is 11.0 Å². The second-order valence-corrected chi connectivity index (χ2v) is 6.93. The number of benzene rings is 1. The molecule has 0 spiro atoms. The van der Waals surface area contributed by atoms with Crippen LogP contribution in [-0.2, 0) is 10.0 Å². The monoisotopic (exact) mass is 269 g/mol. The molecule has 1 aromatic rings. The van der Waals surface area contributed by atoms with E-state index in [1.54, 1.807) is 12.1 Å². The zero-order valence-corrected chi connectivity index (χ0v) is 11.5. The van der Waals surface area contributed by atoms with E-state index in [9.17, 15) is 8.42 Å². The highest BCUT2D eigenvalue weighted by Gasteiger charge is 2.28. The minimum absolute atomic E-state index is 0.249. The zero-order chi connectivity index (χ0) is 13.3. The molecule has 4 nitrogen and oxygen atoms in total. The van der Waals surface area contributed by atoms with Crippen LogP contribution in [0, 0.1) is 19.8 Å². The van der Waals surface area contributed by atoms with Crippen LogP contribution in [0.3, 0.4) is 0 Å². The Bertz CT molecular complexity index is 513. The average Bonchev–Trinajstić information content (AvgIpc) is 2.21. The first kappa shape index (κ1) is 13.5. The molecule has 1 saturated carbocycles. The largest absolute Gasteiger partial charge is 0.393 e. The molecule has 0 heterocycles. The summed E-state index contributed by atoms with van der Waals surface area (Å²) >= 11 is 0. The summed E-state index contributed by atoms with van der Waals surface area (Å²) in [6.45, 7) is 4.18. The van der Waals surface area contributed by atoms with E-state index >= 15 is 0 Å². The van der Waals surface area contributed by atoms with Crippen LogP contribution in [0.5, 0.6) is 0 Å². The summed E-state index contributed by atoms with van der Waals surface area (Å²) in [7, 11) is -3.43. The van der Waals surface area contributed by atoms with Gasteiger partial charge in [-0.2, -0.15) is 0 Å². The lowest BCUT2D eigenvalue weighted by molar-refractivity contribution is 0.0453. The van der Waals surface area contributed by atoms with Gasteiger partial charge in [-0.1, -0.05) is 6.07 Å². The summed E-state index contributed by atoms with van der Waals surface area (Å²) in [5.74, 6) is 0.265. The quantitative estimate of drug-likeness (QED) is 0.867. The SMILES string of the molecule is Cc1cc(C)cc(S(=O)(=O)NCC2CC(O)C2)c1. The molecule has 0 unspecified atom stereocenters. The van der Waals surface area contributed by atoms with Crippen molar-refractivity contribution >= 4 is 10.0 Å². The third kappa shape index (κ3) is 3.10. The number of aliphatic hydroxyl groups excluding tert-OH is 1. The summed E-state index contributed by atoms with van der Waals surface area (Å²) in [5.41, 5.74) is 1.88. The second-order valence-electron chi connectivity index (χ2n) is 5.17. The van der Waals surface area contributed by atoms with Gasteiger partial charge in [0.1, 0.15) is 0 Å². The zero-order valence-electron chi connectivity index (χ0n) is 10.7. The Labute approximate surface area is 108 Å². The van der Waals surface area contributed by atoms with Crippen LogP contribution < -0.4 is 4.72 Å². The number of hydrogen-bond donors (Lipinski definition) is 2. The molecule has 100 valence electrons. The normalized spacial score (nSPS) is 23.7. The second kappa shape index (κ2) is 4.99. The number of nitrogens with one attached hydrogen (secondary N) is 1. The molecule has 1 aromatic carbocycles. The fourth-order valence-electron chi connectivity index (χ4n) is 2.27. The molecule has 0 saturated heterocycles. The summed E-state index contributed by atoms with van der Waals surface area (Å²) in [6, 6.07) is 5.29. The van der Waals surface area contributed by atoms with E-state index in [1.807, 2.05) is 19.9 Å². The van der Waals surface area contributed by atoms with Crippen molar-refractivity contribution in [3.8, 4) is 0 Å². The van der Waals surface area contributed by atoms with E-state index in [0.717, 1.165) is 11.1 Å². The lowest BCUT2D eigenvalue weighted by Crippen LogP contribution is -2.38. The van der Waals surface area contributed by atoms with Crippen LogP contribution in [0.1, 0.15) is 24.0 Å². The van der Waals surface area contributed by atoms with E-state index in [0.29, 0.717) is 24.3 Å². The van der Waals surface area contributed by atoms with Gasteiger partial charge in [0.15, 0.2) is 0 Å². The van der Waals surface area contributed by atoms with Gasteiger partial charge in [-0.3, -0.25) is 0 Å². The first-order valence-corrected chi connectivity index (χ1v) is 7.61. The minimum Gasteiger partial charge on any atom is -0.393 e. The number of hydrogen-bond acceptors (Lipinski definition) is 3. The molecule has 0 radical (unpaired) electrons. The van der Waals surface area contributed by atoms with E-state index < -0.39 is 10.0 Å². The fraction of sp³-hybridized carbons (Fsp3) is 0.538. The highest BCUT2D eigenvalue weighted by molar-refractivity contribution is 7.89. The average molecular weight is 269 g/mol. The Balaban J connectivity index is 2.05. The Hall–Kier alpha value is -0.910. The third-order valence-corrected chi connectivity index (χ3v) is 4.68. The van der Waals surface area contributed by atoms with Gasteiger partial charge in [0, 0.05) is 6.54 Å². The first-order valence-electron chi connectivity index (χ1n) is 6.13. The number of sulfonamides is 1. The maximum absolute atomic E-state index is 12.1. The molecule has 2 rings (SSSR count). The van der Waals surface area contributed by atoms with Crippen molar-refractivity contribution < 1.29 is 13.5 Å². The maximum Gasteiger partial charge on any atom is 0.240 e.